The topological polar surface area (TPSA) is 70.3 Å². The molecule has 4 nitrogen and oxygen atoms in total. The van der Waals surface area contributed by atoms with E-state index in [1.54, 1.807) is 6.92 Å². The lowest BCUT2D eigenvalue weighted by molar-refractivity contribution is -0.180. The fourth-order valence-corrected chi connectivity index (χ4v) is 3.58. The largest absolute Gasteiger partial charge is 0.465 e. The quantitative estimate of drug-likeness (QED) is 0.743. The Labute approximate surface area is 102 Å². The summed E-state index contributed by atoms with van der Waals surface area (Å²) in [6.45, 7) is 2.10. The van der Waals surface area contributed by atoms with Gasteiger partial charge < -0.3 is 9.84 Å². The van der Waals surface area contributed by atoms with Crippen LogP contribution in [0.3, 0.4) is 0 Å². The van der Waals surface area contributed by atoms with Crippen molar-refractivity contribution in [2.75, 3.05) is 6.61 Å². The van der Waals surface area contributed by atoms with E-state index >= 15 is 0 Å². The lowest BCUT2D eigenvalue weighted by Gasteiger charge is -2.45. The maximum Gasteiger partial charge on any atom is 0.315 e. The number of ether oxygens (including phenoxy) is 1. The molecule has 0 aliphatic heterocycles. The second-order valence-corrected chi connectivity index (χ2v) is 5.15. The first-order valence-electron chi connectivity index (χ1n) is 6.40. The predicted molar refractivity (Wildman–Crippen MR) is 60.8 cm³/mol. The normalized spacial score (nSPS) is 40.4. The van der Waals surface area contributed by atoms with E-state index in [1.807, 2.05) is 0 Å². The van der Waals surface area contributed by atoms with E-state index in [0.717, 1.165) is 12.8 Å². The highest BCUT2D eigenvalue weighted by atomic mass is 16.5. The number of nitriles is 1. The zero-order chi connectivity index (χ0) is 12.5. The van der Waals surface area contributed by atoms with Gasteiger partial charge in [-0.3, -0.25) is 4.79 Å². The average molecular weight is 237 g/mol. The summed E-state index contributed by atoms with van der Waals surface area (Å²) >= 11 is 0. The average Bonchev–Trinajstić information content (AvgIpc) is 2.63. The Morgan fingerprint density at radius 2 is 2.18 bits per heavy atom. The fourth-order valence-electron chi connectivity index (χ4n) is 3.58. The Morgan fingerprint density at radius 1 is 1.47 bits per heavy atom. The van der Waals surface area contributed by atoms with Gasteiger partial charge in [0.2, 0.25) is 0 Å². The third-order valence-electron chi connectivity index (χ3n) is 4.50. The molecule has 0 saturated heterocycles. The van der Waals surface area contributed by atoms with Crippen LogP contribution in [0.15, 0.2) is 0 Å². The van der Waals surface area contributed by atoms with Gasteiger partial charge in [-0.1, -0.05) is 12.8 Å². The molecule has 1 N–H and O–H groups in total. The van der Waals surface area contributed by atoms with Crippen LogP contribution in [0.5, 0.6) is 0 Å². The zero-order valence-corrected chi connectivity index (χ0v) is 10.2. The van der Waals surface area contributed by atoms with Crippen LogP contribution in [-0.2, 0) is 9.53 Å². The number of aliphatic hydroxyl groups is 1. The maximum atomic E-state index is 12.2. The fraction of sp³-hybridized carbons (Fsp3) is 0.846. The lowest BCUT2D eigenvalue weighted by atomic mass is 9.63. The van der Waals surface area contributed by atoms with Crippen molar-refractivity contribution in [3.63, 3.8) is 0 Å². The molecule has 2 fully saturated rings. The van der Waals surface area contributed by atoms with Gasteiger partial charge in [-0.15, -0.1) is 0 Å². The summed E-state index contributed by atoms with van der Waals surface area (Å²) in [7, 11) is 0. The summed E-state index contributed by atoms with van der Waals surface area (Å²) in [5.41, 5.74) is -1.98. The van der Waals surface area contributed by atoms with Crippen LogP contribution in [-0.4, -0.2) is 23.3 Å². The van der Waals surface area contributed by atoms with Crippen molar-refractivity contribution in [1.29, 1.82) is 5.26 Å². The Hall–Kier alpha value is -1.08. The van der Waals surface area contributed by atoms with Crippen LogP contribution in [0.2, 0.25) is 0 Å². The van der Waals surface area contributed by atoms with Crippen molar-refractivity contribution in [3.05, 3.63) is 0 Å². The van der Waals surface area contributed by atoms with Gasteiger partial charge in [-0.25, -0.2) is 0 Å². The van der Waals surface area contributed by atoms with Crippen LogP contribution in [0.1, 0.15) is 45.4 Å². The van der Waals surface area contributed by atoms with Crippen LogP contribution < -0.4 is 0 Å². The van der Waals surface area contributed by atoms with Crippen molar-refractivity contribution >= 4 is 5.97 Å². The molecule has 4 heteroatoms. The molecular weight excluding hydrogens is 218 g/mol. The minimum absolute atomic E-state index is 0.306. The minimum atomic E-state index is -1.16. The molecule has 3 atom stereocenters. The van der Waals surface area contributed by atoms with E-state index in [9.17, 15) is 9.90 Å². The smallest absolute Gasteiger partial charge is 0.315 e. The minimum Gasteiger partial charge on any atom is -0.465 e. The SMILES string of the molecule is CCOC(=O)[C@@]12CCCC[C@]1(O)[C@@H](C#N)CC2. The summed E-state index contributed by atoms with van der Waals surface area (Å²) in [6, 6.07) is 2.17. The first kappa shape index (κ1) is 12.4. The molecule has 2 rings (SSSR count). The molecule has 0 spiro atoms. The lowest BCUT2D eigenvalue weighted by Crippen LogP contribution is -2.55. The van der Waals surface area contributed by atoms with Gasteiger partial charge >= 0.3 is 5.97 Å². The highest BCUT2D eigenvalue weighted by Crippen LogP contribution is 2.58. The molecule has 0 radical (unpaired) electrons. The van der Waals surface area contributed by atoms with Gasteiger partial charge in [-0.05, 0) is 32.6 Å². The Bertz CT molecular complexity index is 362. The number of carbonyl (C=O) groups is 1. The van der Waals surface area contributed by atoms with Gasteiger partial charge in [0.25, 0.3) is 0 Å². The monoisotopic (exact) mass is 237 g/mol. The summed E-state index contributed by atoms with van der Waals surface area (Å²) in [4.78, 5) is 12.2. The molecule has 0 aromatic carbocycles. The molecule has 2 aliphatic carbocycles. The second kappa shape index (κ2) is 4.30. The van der Waals surface area contributed by atoms with Crippen molar-refractivity contribution < 1.29 is 14.6 Å². The number of hydrogen-bond donors (Lipinski definition) is 1. The molecule has 0 unspecified atom stereocenters. The molecule has 0 aromatic rings. The van der Waals surface area contributed by atoms with E-state index in [2.05, 4.69) is 6.07 Å². The van der Waals surface area contributed by atoms with Crippen molar-refractivity contribution in [2.45, 2.75) is 51.0 Å². The van der Waals surface area contributed by atoms with E-state index in [0.29, 0.717) is 32.3 Å². The third kappa shape index (κ3) is 1.56. The Balaban J connectivity index is 2.36. The predicted octanol–water partition coefficient (Wildman–Crippen LogP) is 1.77. The van der Waals surface area contributed by atoms with E-state index in [1.165, 1.54) is 0 Å². The second-order valence-electron chi connectivity index (χ2n) is 5.15. The molecule has 0 heterocycles. The Morgan fingerprint density at radius 3 is 2.82 bits per heavy atom. The maximum absolute atomic E-state index is 12.2. The molecule has 2 aliphatic rings. The van der Waals surface area contributed by atoms with Crippen molar-refractivity contribution in [3.8, 4) is 6.07 Å². The molecule has 94 valence electrons. The van der Waals surface area contributed by atoms with Crippen molar-refractivity contribution in [1.82, 2.24) is 0 Å². The molecule has 0 aromatic heterocycles. The van der Waals surface area contributed by atoms with Gasteiger partial charge in [0, 0.05) is 0 Å². The van der Waals surface area contributed by atoms with Gasteiger partial charge in [-0.2, -0.15) is 5.26 Å². The highest BCUT2D eigenvalue weighted by Gasteiger charge is 2.65. The van der Waals surface area contributed by atoms with Crippen LogP contribution in [0.25, 0.3) is 0 Å². The molecule has 17 heavy (non-hydrogen) atoms. The Kier molecular flexibility index (Phi) is 3.13. The number of rotatable bonds is 2. The standard InChI is InChI=1S/C13H19NO3/c1-2-17-11(15)12-6-3-4-7-13(12,16)10(9-14)5-8-12/h10,16H,2-8H2,1H3/t10-,12+,13+/m1/s1. The van der Waals surface area contributed by atoms with Gasteiger partial charge in [0.05, 0.1) is 29.6 Å². The number of nitrogens with zero attached hydrogens (tertiary/aromatic N) is 1. The van der Waals surface area contributed by atoms with Crippen molar-refractivity contribution in [2.24, 2.45) is 11.3 Å². The molecule has 0 amide bonds. The van der Waals surface area contributed by atoms with E-state index in [4.69, 9.17) is 10.00 Å². The first-order chi connectivity index (χ1) is 8.10. The van der Waals surface area contributed by atoms with E-state index < -0.39 is 16.9 Å². The number of carbonyl (C=O) groups excluding carboxylic acids is 1. The zero-order valence-electron chi connectivity index (χ0n) is 10.2. The summed E-state index contributed by atoms with van der Waals surface area (Å²) in [6.07, 6.45) is 4.20. The summed E-state index contributed by atoms with van der Waals surface area (Å²) in [5.74, 6) is -0.729. The van der Waals surface area contributed by atoms with Crippen LogP contribution in [0.4, 0.5) is 0 Å². The number of esters is 1. The van der Waals surface area contributed by atoms with Gasteiger partial charge in [0.15, 0.2) is 0 Å². The van der Waals surface area contributed by atoms with E-state index in [-0.39, 0.29) is 5.97 Å². The van der Waals surface area contributed by atoms with Crippen LogP contribution in [0, 0.1) is 22.7 Å². The number of hydrogen-bond acceptors (Lipinski definition) is 4. The summed E-state index contributed by atoms with van der Waals surface area (Å²) in [5, 5.41) is 19.9. The van der Waals surface area contributed by atoms with Gasteiger partial charge in [0.1, 0.15) is 0 Å². The molecule has 2 saturated carbocycles. The third-order valence-corrected chi connectivity index (χ3v) is 4.50. The summed E-state index contributed by atoms with van der Waals surface area (Å²) < 4.78 is 5.14. The first-order valence-corrected chi connectivity index (χ1v) is 6.40. The van der Waals surface area contributed by atoms with Crippen LogP contribution >= 0.6 is 0 Å². The molecular formula is C13H19NO3. The molecule has 0 bridgehead atoms. The number of fused-ring (bicyclic) bond motifs is 1. The highest BCUT2D eigenvalue weighted by molar-refractivity contribution is 5.79.